The van der Waals surface area contributed by atoms with Crippen molar-refractivity contribution in [3.05, 3.63) is 35.9 Å². The molecule has 0 aromatic heterocycles. The third kappa shape index (κ3) is 3.10. The second-order valence-corrected chi connectivity index (χ2v) is 5.17. The lowest BCUT2D eigenvalue weighted by molar-refractivity contribution is -0.142. The fraction of sp³-hybridized carbons (Fsp3) is 0.533. The van der Waals surface area contributed by atoms with Crippen molar-refractivity contribution in [2.45, 2.75) is 26.3 Å². The van der Waals surface area contributed by atoms with Crippen molar-refractivity contribution in [2.24, 2.45) is 11.8 Å². The van der Waals surface area contributed by atoms with E-state index in [0.29, 0.717) is 12.5 Å². The Morgan fingerprint density at radius 2 is 2.06 bits per heavy atom. The Bertz CT molecular complexity index is 391. The Morgan fingerprint density at radius 3 is 2.67 bits per heavy atom. The number of aliphatic carboxylic acids is 1. The molecule has 0 saturated carbocycles. The van der Waals surface area contributed by atoms with Crippen molar-refractivity contribution in [3.63, 3.8) is 0 Å². The van der Waals surface area contributed by atoms with E-state index in [9.17, 15) is 9.90 Å². The lowest BCUT2D eigenvalue weighted by Crippen LogP contribution is -2.23. The number of hydrogen-bond donors (Lipinski definition) is 1. The van der Waals surface area contributed by atoms with Gasteiger partial charge in [-0.25, -0.2) is 0 Å². The molecule has 18 heavy (non-hydrogen) atoms. The molecule has 1 saturated heterocycles. The summed E-state index contributed by atoms with van der Waals surface area (Å²) in [5.41, 5.74) is 1.26. The van der Waals surface area contributed by atoms with Crippen molar-refractivity contribution in [3.8, 4) is 0 Å². The van der Waals surface area contributed by atoms with Crippen LogP contribution in [0.15, 0.2) is 30.3 Å². The predicted molar refractivity (Wildman–Crippen MR) is 71.2 cm³/mol. The Labute approximate surface area is 108 Å². The van der Waals surface area contributed by atoms with E-state index < -0.39 is 5.97 Å². The highest BCUT2D eigenvalue weighted by Crippen LogP contribution is 2.28. The third-order valence-corrected chi connectivity index (χ3v) is 3.74. The van der Waals surface area contributed by atoms with Gasteiger partial charge in [0.2, 0.25) is 0 Å². The first kappa shape index (κ1) is 13.1. The van der Waals surface area contributed by atoms with Crippen molar-refractivity contribution in [1.82, 2.24) is 4.90 Å². The number of benzene rings is 1. The SMILES string of the molecule is CCCC1CN(Cc2ccccc2)CC1C(=O)O. The monoisotopic (exact) mass is 247 g/mol. The molecule has 0 radical (unpaired) electrons. The molecule has 0 bridgehead atoms. The maximum absolute atomic E-state index is 11.3. The van der Waals surface area contributed by atoms with Crippen LogP contribution in [0.1, 0.15) is 25.3 Å². The summed E-state index contributed by atoms with van der Waals surface area (Å²) in [5, 5.41) is 9.27. The van der Waals surface area contributed by atoms with Crippen LogP contribution < -0.4 is 0 Å². The Kier molecular flexibility index (Phi) is 4.37. The molecule has 1 heterocycles. The van der Waals surface area contributed by atoms with Crippen molar-refractivity contribution < 1.29 is 9.90 Å². The van der Waals surface area contributed by atoms with E-state index in [1.807, 2.05) is 18.2 Å². The van der Waals surface area contributed by atoms with Crippen LogP contribution in [0.3, 0.4) is 0 Å². The maximum atomic E-state index is 11.3. The first-order chi connectivity index (χ1) is 8.70. The second kappa shape index (κ2) is 6.01. The fourth-order valence-corrected chi connectivity index (χ4v) is 2.87. The summed E-state index contributed by atoms with van der Waals surface area (Å²) >= 11 is 0. The Hall–Kier alpha value is -1.35. The maximum Gasteiger partial charge on any atom is 0.308 e. The van der Waals surface area contributed by atoms with Crippen molar-refractivity contribution in [1.29, 1.82) is 0 Å². The molecule has 0 spiro atoms. The van der Waals surface area contributed by atoms with Gasteiger partial charge in [0, 0.05) is 19.6 Å². The number of carboxylic acids is 1. The second-order valence-electron chi connectivity index (χ2n) is 5.17. The van der Waals surface area contributed by atoms with Crippen LogP contribution in [0, 0.1) is 11.8 Å². The summed E-state index contributed by atoms with van der Waals surface area (Å²) in [7, 11) is 0. The van der Waals surface area contributed by atoms with Gasteiger partial charge in [0.05, 0.1) is 5.92 Å². The van der Waals surface area contributed by atoms with Gasteiger partial charge in [-0.05, 0) is 17.9 Å². The summed E-state index contributed by atoms with van der Waals surface area (Å²) in [6, 6.07) is 10.3. The van der Waals surface area contributed by atoms with Crippen LogP contribution in [0.5, 0.6) is 0 Å². The van der Waals surface area contributed by atoms with Crippen LogP contribution in [0.4, 0.5) is 0 Å². The van der Waals surface area contributed by atoms with Gasteiger partial charge in [0.15, 0.2) is 0 Å². The standard InChI is InChI=1S/C15H21NO2/c1-2-6-13-10-16(11-14(13)15(17)18)9-12-7-4-3-5-8-12/h3-5,7-8,13-14H,2,6,9-11H2,1H3,(H,17,18). The summed E-state index contributed by atoms with van der Waals surface area (Å²) in [5.74, 6) is -0.506. The van der Waals surface area contributed by atoms with Gasteiger partial charge in [-0.3, -0.25) is 9.69 Å². The van der Waals surface area contributed by atoms with Gasteiger partial charge < -0.3 is 5.11 Å². The van der Waals surface area contributed by atoms with E-state index in [1.54, 1.807) is 0 Å². The number of rotatable bonds is 5. The summed E-state index contributed by atoms with van der Waals surface area (Å²) in [4.78, 5) is 13.5. The molecule has 3 heteroatoms. The van der Waals surface area contributed by atoms with Crippen molar-refractivity contribution in [2.75, 3.05) is 13.1 Å². The Balaban J connectivity index is 1.98. The number of likely N-dealkylation sites (tertiary alicyclic amines) is 1. The van der Waals surface area contributed by atoms with Crippen LogP contribution >= 0.6 is 0 Å². The minimum atomic E-state index is -0.635. The molecule has 0 amide bonds. The van der Waals surface area contributed by atoms with Crippen molar-refractivity contribution >= 4 is 5.97 Å². The lowest BCUT2D eigenvalue weighted by atomic mass is 9.92. The highest BCUT2D eigenvalue weighted by molar-refractivity contribution is 5.71. The van der Waals surface area contributed by atoms with E-state index in [2.05, 4.69) is 24.0 Å². The van der Waals surface area contributed by atoms with Gasteiger partial charge in [0.1, 0.15) is 0 Å². The molecule has 2 atom stereocenters. The van der Waals surface area contributed by atoms with Gasteiger partial charge in [0.25, 0.3) is 0 Å². The average Bonchev–Trinajstić information content (AvgIpc) is 2.74. The zero-order valence-corrected chi connectivity index (χ0v) is 10.9. The molecule has 2 rings (SSSR count). The van der Waals surface area contributed by atoms with Gasteiger partial charge in [-0.2, -0.15) is 0 Å². The quantitative estimate of drug-likeness (QED) is 0.869. The molecule has 98 valence electrons. The zero-order valence-electron chi connectivity index (χ0n) is 10.9. The first-order valence-corrected chi connectivity index (χ1v) is 6.69. The molecule has 1 aromatic carbocycles. The minimum Gasteiger partial charge on any atom is -0.481 e. The molecule has 1 fully saturated rings. The largest absolute Gasteiger partial charge is 0.481 e. The van der Waals surface area contributed by atoms with Gasteiger partial charge in [-0.15, -0.1) is 0 Å². The molecule has 1 aliphatic rings. The first-order valence-electron chi connectivity index (χ1n) is 6.69. The topological polar surface area (TPSA) is 40.5 Å². The summed E-state index contributed by atoms with van der Waals surface area (Å²) in [6.07, 6.45) is 2.08. The smallest absolute Gasteiger partial charge is 0.308 e. The van der Waals surface area contributed by atoms with E-state index in [0.717, 1.165) is 25.9 Å². The van der Waals surface area contributed by atoms with E-state index in [-0.39, 0.29) is 5.92 Å². The Morgan fingerprint density at radius 1 is 1.33 bits per heavy atom. The number of nitrogens with zero attached hydrogens (tertiary/aromatic N) is 1. The average molecular weight is 247 g/mol. The van der Waals surface area contributed by atoms with Crippen LogP contribution in [0.2, 0.25) is 0 Å². The van der Waals surface area contributed by atoms with E-state index >= 15 is 0 Å². The highest BCUT2D eigenvalue weighted by Gasteiger charge is 2.36. The summed E-state index contributed by atoms with van der Waals surface area (Å²) < 4.78 is 0. The highest BCUT2D eigenvalue weighted by atomic mass is 16.4. The number of carbonyl (C=O) groups is 1. The van der Waals surface area contributed by atoms with E-state index in [4.69, 9.17) is 0 Å². The molecular weight excluding hydrogens is 226 g/mol. The molecule has 1 N–H and O–H groups in total. The molecular formula is C15H21NO2. The van der Waals surface area contributed by atoms with Gasteiger partial charge >= 0.3 is 5.97 Å². The lowest BCUT2D eigenvalue weighted by Gasteiger charge is -2.15. The van der Waals surface area contributed by atoms with E-state index in [1.165, 1.54) is 5.56 Å². The molecule has 0 aliphatic carbocycles. The fourth-order valence-electron chi connectivity index (χ4n) is 2.87. The molecule has 1 aliphatic heterocycles. The zero-order chi connectivity index (χ0) is 13.0. The summed E-state index contributed by atoms with van der Waals surface area (Å²) in [6.45, 7) is 4.60. The normalized spacial score (nSPS) is 24.3. The van der Waals surface area contributed by atoms with Crippen LogP contribution in [-0.2, 0) is 11.3 Å². The number of hydrogen-bond acceptors (Lipinski definition) is 2. The number of carboxylic acid groups (broad SMARTS) is 1. The van der Waals surface area contributed by atoms with Crippen LogP contribution in [0.25, 0.3) is 0 Å². The molecule has 3 nitrogen and oxygen atoms in total. The molecule has 2 unspecified atom stereocenters. The predicted octanol–water partition coefficient (Wildman–Crippen LogP) is 2.62. The minimum absolute atomic E-state index is 0.186. The van der Waals surface area contributed by atoms with Crippen LogP contribution in [-0.4, -0.2) is 29.1 Å². The molecule has 1 aromatic rings. The van der Waals surface area contributed by atoms with Gasteiger partial charge in [-0.1, -0.05) is 43.7 Å². The third-order valence-electron chi connectivity index (χ3n) is 3.74.